The van der Waals surface area contributed by atoms with Gasteiger partial charge in [0.05, 0.1) is 38.1 Å². The van der Waals surface area contributed by atoms with Crippen molar-refractivity contribution in [3.63, 3.8) is 0 Å². The summed E-state index contributed by atoms with van der Waals surface area (Å²) in [6, 6.07) is 16.7. The first kappa shape index (κ1) is 52.7. The first-order chi connectivity index (χ1) is 30.4. The number of hydrogen-bond donors (Lipinski definition) is 5. The number of benzene rings is 2. The zero-order chi connectivity index (χ0) is 48.1. The zero-order valence-corrected chi connectivity index (χ0v) is 42.9. The van der Waals surface area contributed by atoms with Gasteiger partial charge in [-0.05, 0) is 118 Å². The molecule has 362 valence electrons. The number of aliphatic hydroxyl groups is 1. The Bertz CT molecular complexity index is 1930. The molecule has 2 amide bonds. The number of ether oxygens (including phenoxy) is 2. The van der Waals surface area contributed by atoms with Crippen LogP contribution >= 0.6 is 22.6 Å². The minimum atomic E-state index is -0.979. The number of hydrogen-bond acceptors (Lipinski definition) is 7. The van der Waals surface area contributed by atoms with E-state index < -0.39 is 41.1 Å². The van der Waals surface area contributed by atoms with Gasteiger partial charge in [-0.15, -0.1) is 0 Å². The highest BCUT2D eigenvalue weighted by molar-refractivity contribution is 14.1. The summed E-state index contributed by atoms with van der Waals surface area (Å²) < 4.78 is 14.0. The fraction of sp³-hybridized carbons (Fsp3) is 0.692. The van der Waals surface area contributed by atoms with Crippen molar-refractivity contribution in [3.05, 3.63) is 65.2 Å². The van der Waals surface area contributed by atoms with E-state index in [0.29, 0.717) is 49.4 Å². The second-order valence-electron chi connectivity index (χ2n) is 21.9. The minimum absolute atomic E-state index is 0.0137. The van der Waals surface area contributed by atoms with E-state index in [1.54, 1.807) is 0 Å². The van der Waals surface area contributed by atoms with Crippen molar-refractivity contribution in [1.82, 2.24) is 10.7 Å². The number of aliphatic hydroxyl groups excluding tert-OH is 1. The SMILES string of the molecule is CC(COC(C)(C)c1ccc(C(C)(C)c2ccc(OC(C)(C)C(O)C[N+](C)(C)NC(=O)C3CCCCC3CC(=O)O)cc2)cc1)CC1C(C)C(CI)C1NC(=O)C1CCCCC1C(=O)O. The van der Waals surface area contributed by atoms with Crippen LogP contribution in [0, 0.1) is 47.3 Å². The molecular formula is C52H79IN3O9+. The van der Waals surface area contributed by atoms with Gasteiger partial charge in [0.2, 0.25) is 5.91 Å². The lowest BCUT2D eigenvalue weighted by atomic mass is 9.59. The first-order valence-electron chi connectivity index (χ1n) is 24.1. The van der Waals surface area contributed by atoms with Crippen molar-refractivity contribution in [2.45, 2.75) is 148 Å². The van der Waals surface area contributed by atoms with Crippen LogP contribution in [0.15, 0.2) is 48.5 Å². The van der Waals surface area contributed by atoms with Crippen LogP contribution in [0.5, 0.6) is 5.75 Å². The molecule has 0 aromatic heterocycles. The number of nitrogens with one attached hydrogen (secondary N) is 2. The molecule has 5 N–H and O–H groups in total. The van der Waals surface area contributed by atoms with Gasteiger partial charge >= 0.3 is 11.9 Å². The summed E-state index contributed by atoms with van der Waals surface area (Å²) in [5.41, 5.74) is 4.57. The second-order valence-corrected chi connectivity index (χ2v) is 22.8. The monoisotopic (exact) mass is 1020 g/mol. The molecule has 10 unspecified atom stereocenters. The highest BCUT2D eigenvalue weighted by Crippen LogP contribution is 2.46. The topological polar surface area (TPSA) is 171 Å². The van der Waals surface area contributed by atoms with Crippen LogP contribution in [-0.2, 0) is 34.9 Å². The van der Waals surface area contributed by atoms with E-state index >= 15 is 0 Å². The van der Waals surface area contributed by atoms with Crippen molar-refractivity contribution in [1.29, 1.82) is 0 Å². The summed E-state index contributed by atoms with van der Waals surface area (Å²) in [7, 11) is 3.64. The average molecular weight is 1020 g/mol. The van der Waals surface area contributed by atoms with Gasteiger partial charge in [0, 0.05) is 28.2 Å². The molecule has 12 nitrogen and oxygen atoms in total. The van der Waals surface area contributed by atoms with E-state index in [4.69, 9.17) is 9.47 Å². The summed E-state index contributed by atoms with van der Waals surface area (Å²) in [4.78, 5) is 50.2. The van der Waals surface area contributed by atoms with Crippen molar-refractivity contribution < 1.29 is 48.6 Å². The number of nitrogens with zero attached hydrogens (tertiary/aromatic N) is 1. The van der Waals surface area contributed by atoms with Crippen LogP contribution in [-0.4, -0.2) is 93.1 Å². The normalized spacial score (nSPS) is 26.3. The molecule has 0 bridgehead atoms. The van der Waals surface area contributed by atoms with Crippen molar-refractivity contribution in [3.8, 4) is 5.75 Å². The van der Waals surface area contributed by atoms with Gasteiger partial charge in [-0.1, -0.05) is 112 Å². The molecule has 3 fully saturated rings. The third-order valence-electron chi connectivity index (χ3n) is 15.4. The first-order valence-corrected chi connectivity index (χ1v) is 25.6. The minimum Gasteiger partial charge on any atom is -0.485 e. The molecule has 0 saturated heterocycles. The summed E-state index contributed by atoms with van der Waals surface area (Å²) in [5, 5.41) is 33.9. The Morgan fingerprint density at radius 2 is 1.32 bits per heavy atom. The lowest BCUT2D eigenvalue weighted by Gasteiger charge is -2.52. The molecule has 3 aliphatic rings. The lowest BCUT2D eigenvalue weighted by Crippen LogP contribution is -2.62. The highest BCUT2D eigenvalue weighted by atomic mass is 127. The van der Waals surface area contributed by atoms with Crippen LogP contribution in [0.3, 0.4) is 0 Å². The van der Waals surface area contributed by atoms with Crippen LogP contribution in [0.1, 0.15) is 136 Å². The van der Waals surface area contributed by atoms with E-state index in [9.17, 15) is 34.5 Å². The lowest BCUT2D eigenvalue weighted by molar-refractivity contribution is -0.928. The zero-order valence-electron chi connectivity index (χ0n) is 40.7. The Balaban J connectivity index is 1.13. The third kappa shape index (κ3) is 13.3. The summed E-state index contributed by atoms with van der Waals surface area (Å²) in [5.74, 6) is -1.53. The number of quaternary nitrogens is 1. The summed E-state index contributed by atoms with van der Waals surface area (Å²) in [6.07, 6.45) is 6.19. The Morgan fingerprint density at radius 3 is 1.89 bits per heavy atom. The number of amides is 2. The number of halogens is 1. The molecule has 2 aromatic rings. The summed E-state index contributed by atoms with van der Waals surface area (Å²) >= 11 is 2.42. The van der Waals surface area contributed by atoms with Gasteiger partial charge in [0.25, 0.3) is 5.91 Å². The number of carbonyl (C=O) groups is 4. The molecule has 0 aliphatic heterocycles. The molecule has 65 heavy (non-hydrogen) atoms. The third-order valence-corrected chi connectivity index (χ3v) is 16.4. The van der Waals surface area contributed by atoms with Crippen LogP contribution < -0.4 is 15.5 Å². The quantitative estimate of drug-likeness (QED) is 0.0355. The number of likely N-dealkylation sites (N-methyl/N-ethyl adjacent to an activating group) is 1. The van der Waals surface area contributed by atoms with Crippen LogP contribution in [0.25, 0.3) is 0 Å². The van der Waals surface area contributed by atoms with Crippen molar-refractivity contribution in [2.75, 3.05) is 31.7 Å². The van der Waals surface area contributed by atoms with E-state index in [2.05, 4.69) is 111 Å². The molecular weight excluding hydrogens is 937 g/mol. The maximum atomic E-state index is 13.5. The summed E-state index contributed by atoms with van der Waals surface area (Å²) in [6.45, 7) is 17.5. The molecule has 10 atom stereocenters. The van der Waals surface area contributed by atoms with Gasteiger partial charge in [-0.2, -0.15) is 0 Å². The fourth-order valence-electron chi connectivity index (χ4n) is 10.8. The van der Waals surface area contributed by atoms with Gasteiger partial charge in [0.1, 0.15) is 24.0 Å². The van der Waals surface area contributed by atoms with Crippen LogP contribution in [0.2, 0.25) is 0 Å². The number of rotatable bonds is 21. The van der Waals surface area contributed by atoms with Gasteiger partial charge in [-0.3, -0.25) is 19.2 Å². The highest BCUT2D eigenvalue weighted by Gasteiger charge is 2.49. The van der Waals surface area contributed by atoms with Gasteiger partial charge in [0.15, 0.2) is 0 Å². The van der Waals surface area contributed by atoms with Crippen LogP contribution in [0.4, 0.5) is 0 Å². The average Bonchev–Trinajstić information content (AvgIpc) is 3.24. The fourth-order valence-corrected chi connectivity index (χ4v) is 12.2. The van der Waals surface area contributed by atoms with E-state index in [1.807, 2.05) is 40.1 Å². The standard InChI is InChI=1S/C52H78IN3O9/c1-32(27-42-33(2)43(29-53)46(42)54-47(60)40-17-13-14-18-41(40)49(62)63)31-64-51(5,6)37-21-19-35(20-22-37)50(3,4)36-23-25-38(26-24-36)65-52(7,8)44(57)30-56(9,10)55-48(61)39-16-12-11-15-34(39)28-45(58)59/h19-26,32-34,39-44,46,57H,11-18,27-31H2,1-10H3,(H3-,54,55,58,59,60,61,62,63)/p+1. The number of alkyl halides is 1. The molecule has 5 rings (SSSR count). The van der Waals surface area contributed by atoms with E-state index in [0.717, 1.165) is 59.6 Å². The Morgan fingerprint density at radius 1 is 0.785 bits per heavy atom. The maximum absolute atomic E-state index is 13.5. The smallest absolute Gasteiger partial charge is 0.307 e. The molecule has 0 spiro atoms. The molecule has 0 heterocycles. The predicted octanol–water partition coefficient (Wildman–Crippen LogP) is 8.89. The van der Waals surface area contributed by atoms with Gasteiger partial charge in [-0.25, -0.2) is 10.0 Å². The molecule has 0 radical (unpaired) electrons. The van der Waals surface area contributed by atoms with Crippen molar-refractivity contribution in [2.24, 2.45) is 47.3 Å². The molecule has 3 saturated carbocycles. The number of carboxylic acids is 2. The number of carboxylic acid groups (broad SMARTS) is 2. The maximum Gasteiger partial charge on any atom is 0.307 e. The Labute approximate surface area is 402 Å². The largest absolute Gasteiger partial charge is 0.485 e. The molecule has 3 aliphatic carbocycles. The second kappa shape index (κ2) is 21.8. The van der Waals surface area contributed by atoms with Gasteiger partial charge < -0.3 is 30.1 Å². The van der Waals surface area contributed by atoms with Crippen molar-refractivity contribution >= 4 is 46.3 Å². The van der Waals surface area contributed by atoms with E-state index in [-0.39, 0.29) is 58.6 Å². The molecule has 2 aromatic carbocycles. The van der Waals surface area contributed by atoms with E-state index in [1.165, 1.54) is 0 Å². The predicted molar refractivity (Wildman–Crippen MR) is 261 cm³/mol. The Kier molecular flexibility index (Phi) is 17.7. The number of carbonyl (C=O) groups excluding carboxylic acids is 2. The molecule has 13 heteroatoms. The number of aliphatic carboxylic acids is 2. The Hall–Kier alpha value is -3.27.